The molecular weight excluding hydrogens is 402 g/mol. The van der Waals surface area contributed by atoms with Crippen molar-refractivity contribution in [3.8, 4) is 17.6 Å². The normalized spacial score (nSPS) is 12.1. The highest BCUT2D eigenvalue weighted by molar-refractivity contribution is 5.49. The molecule has 3 rings (SSSR count). The van der Waals surface area contributed by atoms with E-state index in [-0.39, 0.29) is 0 Å². The SMILES string of the molecule is COc1ccc(C(OCCCOC(C)C#N)(c2ccccc2)c2ccc(OC)cc2)cc1. The van der Waals surface area contributed by atoms with Crippen molar-refractivity contribution < 1.29 is 18.9 Å². The van der Waals surface area contributed by atoms with Crippen LogP contribution in [0.25, 0.3) is 0 Å². The van der Waals surface area contributed by atoms with E-state index < -0.39 is 11.7 Å². The summed E-state index contributed by atoms with van der Waals surface area (Å²) in [6.45, 7) is 2.64. The lowest BCUT2D eigenvalue weighted by molar-refractivity contribution is -0.00383. The van der Waals surface area contributed by atoms with Gasteiger partial charge in [0, 0.05) is 0 Å². The first-order chi connectivity index (χ1) is 15.6. The highest BCUT2D eigenvalue weighted by Crippen LogP contribution is 2.41. The third-order valence-corrected chi connectivity index (χ3v) is 5.33. The predicted molar refractivity (Wildman–Crippen MR) is 124 cm³/mol. The largest absolute Gasteiger partial charge is 0.497 e. The first-order valence-corrected chi connectivity index (χ1v) is 10.6. The van der Waals surface area contributed by atoms with Crippen LogP contribution in [0.3, 0.4) is 0 Å². The van der Waals surface area contributed by atoms with Crippen molar-refractivity contribution in [2.75, 3.05) is 27.4 Å². The van der Waals surface area contributed by atoms with Crippen molar-refractivity contribution in [3.05, 3.63) is 95.6 Å². The van der Waals surface area contributed by atoms with Crippen LogP contribution in [0.5, 0.6) is 11.5 Å². The van der Waals surface area contributed by atoms with Crippen molar-refractivity contribution in [2.24, 2.45) is 0 Å². The highest BCUT2D eigenvalue weighted by atomic mass is 16.5. The molecule has 1 atom stereocenters. The van der Waals surface area contributed by atoms with Crippen LogP contribution in [-0.4, -0.2) is 33.5 Å². The quantitative estimate of drug-likeness (QED) is 0.303. The molecule has 0 spiro atoms. The summed E-state index contributed by atoms with van der Waals surface area (Å²) in [4.78, 5) is 0. The zero-order valence-electron chi connectivity index (χ0n) is 18.8. The smallest absolute Gasteiger partial charge is 0.143 e. The van der Waals surface area contributed by atoms with E-state index in [0.29, 0.717) is 19.6 Å². The van der Waals surface area contributed by atoms with Gasteiger partial charge in [0.15, 0.2) is 0 Å². The molecule has 0 N–H and O–H groups in total. The van der Waals surface area contributed by atoms with Gasteiger partial charge in [-0.1, -0.05) is 54.6 Å². The Morgan fingerprint density at radius 1 is 0.750 bits per heavy atom. The minimum atomic E-state index is -0.833. The molecule has 1 unspecified atom stereocenters. The number of nitriles is 1. The van der Waals surface area contributed by atoms with E-state index in [9.17, 15) is 0 Å². The van der Waals surface area contributed by atoms with E-state index >= 15 is 0 Å². The minimum absolute atomic E-state index is 0.433. The minimum Gasteiger partial charge on any atom is -0.497 e. The molecule has 0 fully saturated rings. The molecule has 0 saturated heterocycles. The summed E-state index contributed by atoms with van der Waals surface area (Å²) in [6, 6.07) is 28.1. The maximum atomic E-state index is 8.93. The van der Waals surface area contributed by atoms with Gasteiger partial charge in [0.1, 0.15) is 23.2 Å². The summed E-state index contributed by atoms with van der Waals surface area (Å²) in [5.41, 5.74) is 2.16. The van der Waals surface area contributed by atoms with E-state index in [1.54, 1.807) is 21.1 Å². The van der Waals surface area contributed by atoms with E-state index in [0.717, 1.165) is 28.2 Å². The lowest BCUT2D eigenvalue weighted by atomic mass is 9.80. The van der Waals surface area contributed by atoms with Gasteiger partial charge in [0.2, 0.25) is 0 Å². The molecule has 0 amide bonds. The van der Waals surface area contributed by atoms with Crippen molar-refractivity contribution >= 4 is 0 Å². The zero-order valence-corrected chi connectivity index (χ0v) is 18.8. The molecule has 3 aromatic carbocycles. The lowest BCUT2D eigenvalue weighted by Gasteiger charge is -2.36. The number of hydrogen-bond donors (Lipinski definition) is 0. The zero-order chi connectivity index (χ0) is 22.8. The predicted octanol–water partition coefficient (Wildman–Crippen LogP) is 5.33. The number of hydrogen-bond acceptors (Lipinski definition) is 5. The highest BCUT2D eigenvalue weighted by Gasteiger charge is 2.37. The Hall–Kier alpha value is -3.33. The fraction of sp³-hybridized carbons (Fsp3) is 0.296. The Morgan fingerprint density at radius 3 is 1.72 bits per heavy atom. The summed E-state index contributed by atoms with van der Waals surface area (Å²) >= 11 is 0. The molecule has 0 radical (unpaired) electrons. The first kappa shape index (κ1) is 23.3. The molecule has 0 aliphatic heterocycles. The number of nitrogens with zero attached hydrogens (tertiary/aromatic N) is 1. The van der Waals surface area contributed by atoms with Crippen LogP contribution in [0.4, 0.5) is 0 Å². The summed E-state index contributed by atoms with van der Waals surface area (Å²) in [5, 5.41) is 8.93. The van der Waals surface area contributed by atoms with Gasteiger partial charge in [-0.25, -0.2) is 0 Å². The van der Waals surface area contributed by atoms with Gasteiger partial charge in [0.25, 0.3) is 0 Å². The van der Waals surface area contributed by atoms with Crippen molar-refractivity contribution in [1.29, 1.82) is 5.26 Å². The second-order valence-corrected chi connectivity index (χ2v) is 7.35. The molecule has 32 heavy (non-hydrogen) atoms. The Balaban J connectivity index is 2.03. The number of methoxy groups -OCH3 is 2. The Labute approximate surface area is 190 Å². The van der Waals surface area contributed by atoms with Crippen LogP contribution in [0, 0.1) is 11.3 Å². The summed E-state index contributed by atoms with van der Waals surface area (Å²) in [6.07, 6.45) is 0.226. The van der Waals surface area contributed by atoms with Crippen LogP contribution in [0.1, 0.15) is 30.0 Å². The van der Waals surface area contributed by atoms with E-state index in [1.807, 2.05) is 66.7 Å². The van der Waals surface area contributed by atoms with Crippen LogP contribution in [0.2, 0.25) is 0 Å². The van der Waals surface area contributed by atoms with E-state index in [2.05, 4.69) is 18.2 Å². The topological polar surface area (TPSA) is 60.7 Å². The van der Waals surface area contributed by atoms with E-state index in [4.69, 9.17) is 24.2 Å². The third-order valence-electron chi connectivity index (χ3n) is 5.33. The van der Waals surface area contributed by atoms with Crippen LogP contribution >= 0.6 is 0 Å². The van der Waals surface area contributed by atoms with Gasteiger partial charge in [-0.3, -0.25) is 0 Å². The Kier molecular flexibility index (Phi) is 8.27. The average Bonchev–Trinajstić information content (AvgIpc) is 2.87. The molecule has 0 aromatic heterocycles. The molecular formula is C27H29NO4. The molecule has 0 heterocycles. The van der Waals surface area contributed by atoms with Gasteiger partial charge in [-0.05, 0) is 54.3 Å². The molecule has 3 aromatic rings. The monoisotopic (exact) mass is 431 g/mol. The van der Waals surface area contributed by atoms with Crippen molar-refractivity contribution in [1.82, 2.24) is 0 Å². The molecule has 5 heteroatoms. The van der Waals surface area contributed by atoms with Crippen LogP contribution in [0.15, 0.2) is 78.9 Å². The maximum absolute atomic E-state index is 8.93. The number of benzene rings is 3. The van der Waals surface area contributed by atoms with Gasteiger partial charge in [-0.2, -0.15) is 5.26 Å². The van der Waals surface area contributed by atoms with Gasteiger partial charge in [0.05, 0.1) is 33.5 Å². The molecule has 0 saturated carbocycles. The van der Waals surface area contributed by atoms with E-state index in [1.165, 1.54) is 0 Å². The second-order valence-electron chi connectivity index (χ2n) is 7.35. The lowest BCUT2D eigenvalue weighted by Crippen LogP contribution is -2.33. The second kappa shape index (κ2) is 11.3. The molecule has 0 aliphatic carbocycles. The molecule has 166 valence electrons. The van der Waals surface area contributed by atoms with Crippen molar-refractivity contribution in [3.63, 3.8) is 0 Å². The average molecular weight is 432 g/mol. The van der Waals surface area contributed by atoms with Gasteiger partial charge >= 0.3 is 0 Å². The van der Waals surface area contributed by atoms with Gasteiger partial charge < -0.3 is 18.9 Å². The molecule has 0 bridgehead atoms. The molecule has 5 nitrogen and oxygen atoms in total. The van der Waals surface area contributed by atoms with Crippen molar-refractivity contribution in [2.45, 2.75) is 25.0 Å². The Morgan fingerprint density at radius 2 is 1.25 bits per heavy atom. The molecule has 0 aliphatic rings. The summed E-state index contributed by atoms with van der Waals surface area (Å²) in [5.74, 6) is 1.56. The number of rotatable bonds is 11. The third kappa shape index (κ3) is 5.28. The van der Waals surface area contributed by atoms with Gasteiger partial charge in [-0.15, -0.1) is 0 Å². The maximum Gasteiger partial charge on any atom is 0.143 e. The summed E-state index contributed by atoms with van der Waals surface area (Å²) in [7, 11) is 3.31. The summed E-state index contributed by atoms with van der Waals surface area (Å²) < 4.78 is 23.0. The first-order valence-electron chi connectivity index (χ1n) is 10.6. The van der Waals surface area contributed by atoms with Crippen LogP contribution in [-0.2, 0) is 15.1 Å². The Bertz CT molecular complexity index is 947. The fourth-order valence-electron chi connectivity index (χ4n) is 3.66. The standard InChI is InChI=1S/C27H29NO4/c1-21(20-28)31-18-7-19-32-27(22-8-5-4-6-9-22,23-10-14-25(29-2)15-11-23)24-12-16-26(30-3)17-13-24/h4-6,8-17,21H,7,18-19H2,1-3H3. The van der Waals surface area contributed by atoms with Crippen LogP contribution < -0.4 is 9.47 Å². The number of ether oxygens (including phenoxy) is 4. The fourth-order valence-corrected chi connectivity index (χ4v) is 3.66.